The Labute approximate surface area is 230 Å². The Hall–Kier alpha value is -3.33. The van der Waals surface area contributed by atoms with Crippen molar-refractivity contribution in [3.8, 4) is 11.5 Å². The van der Waals surface area contributed by atoms with Crippen LogP contribution in [0.1, 0.15) is 81.7 Å². The quantitative estimate of drug-likeness (QED) is 0.457. The van der Waals surface area contributed by atoms with Gasteiger partial charge in [-0.15, -0.1) is 0 Å². The van der Waals surface area contributed by atoms with Crippen LogP contribution in [0.25, 0.3) is 0 Å². The van der Waals surface area contributed by atoms with Crippen LogP contribution in [0, 0.1) is 0 Å². The molecule has 3 aliphatic heterocycles. The minimum atomic E-state index is -0.840. The summed E-state index contributed by atoms with van der Waals surface area (Å²) in [5.74, 6) is 1.34. The van der Waals surface area contributed by atoms with Crippen LogP contribution >= 0.6 is 0 Å². The second kappa shape index (κ2) is 10.7. The Balaban J connectivity index is 1.27. The van der Waals surface area contributed by atoms with Crippen molar-refractivity contribution in [2.24, 2.45) is 5.10 Å². The fourth-order valence-electron chi connectivity index (χ4n) is 5.61. The van der Waals surface area contributed by atoms with Gasteiger partial charge in [0.15, 0.2) is 17.2 Å². The molecule has 0 aliphatic carbocycles. The lowest BCUT2D eigenvalue weighted by Gasteiger charge is -2.31. The first-order chi connectivity index (χ1) is 18.5. The second-order valence-electron chi connectivity index (χ2n) is 12.0. The minimum absolute atomic E-state index is 0.00155. The van der Waals surface area contributed by atoms with Gasteiger partial charge in [0.05, 0.1) is 13.0 Å². The number of ether oxygens (including phenoxy) is 3. The molecule has 0 spiro atoms. The number of rotatable bonds is 9. The minimum Gasteiger partial charge on any atom is -0.481 e. The van der Waals surface area contributed by atoms with E-state index < -0.39 is 11.7 Å². The van der Waals surface area contributed by atoms with Crippen LogP contribution in [0.15, 0.2) is 29.4 Å². The Morgan fingerprint density at radius 2 is 2.10 bits per heavy atom. The molecule has 0 amide bonds. The number of carboxylic acid groups (broad SMARTS) is 1. The van der Waals surface area contributed by atoms with Gasteiger partial charge in [0.25, 0.3) is 0 Å². The van der Waals surface area contributed by atoms with Crippen molar-refractivity contribution in [3.05, 3.63) is 46.6 Å². The molecule has 0 saturated heterocycles. The van der Waals surface area contributed by atoms with E-state index in [0.29, 0.717) is 31.6 Å². The molecule has 1 aromatic heterocycles. The molecule has 0 radical (unpaired) electrons. The fourth-order valence-corrected chi connectivity index (χ4v) is 5.61. The molecule has 0 saturated carbocycles. The zero-order chi connectivity index (χ0) is 27.8. The lowest BCUT2D eigenvalue weighted by atomic mass is 9.81. The highest BCUT2D eigenvalue weighted by Gasteiger charge is 2.38. The number of hydrogen-bond acceptors (Lipinski definition) is 8. The summed E-state index contributed by atoms with van der Waals surface area (Å²) in [7, 11) is 1.92. The molecular formula is C30H40N4O5. The molecule has 5 rings (SSSR count). The summed E-state index contributed by atoms with van der Waals surface area (Å²) in [5.41, 5.74) is 4.39. The van der Waals surface area contributed by atoms with Gasteiger partial charge in [-0.3, -0.25) is 9.80 Å². The van der Waals surface area contributed by atoms with Crippen molar-refractivity contribution in [2.75, 3.05) is 32.3 Å². The zero-order valence-corrected chi connectivity index (χ0v) is 23.7. The van der Waals surface area contributed by atoms with Crippen molar-refractivity contribution in [3.63, 3.8) is 0 Å². The summed E-state index contributed by atoms with van der Waals surface area (Å²) in [6, 6.07) is 8.26. The number of aliphatic carboxylic acids is 1. The second-order valence-corrected chi connectivity index (χ2v) is 12.0. The normalized spacial score (nSPS) is 20.8. The van der Waals surface area contributed by atoms with Gasteiger partial charge < -0.3 is 24.6 Å². The lowest BCUT2D eigenvalue weighted by molar-refractivity contribution is -0.137. The molecule has 0 bridgehead atoms. The van der Waals surface area contributed by atoms with E-state index in [9.17, 15) is 9.90 Å². The summed E-state index contributed by atoms with van der Waals surface area (Å²) in [5, 5.41) is 19.8. The van der Waals surface area contributed by atoms with E-state index in [4.69, 9.17) is 24.3 Å². The number of pyridine rings is 1. The standard InChI is InChI=1S/C30H40N4O5/c1-29(2,3)24-14-21(15-25-27(24)38-18-37-25)20(16-26(35)36)13-23-17-30(4,34(5)33-23)39-12-10-22-9-8-19-7-6-11-31-28(19)32-22/h8-9,14-15,20H,6-7,10-13,16-18H2,1-5H3,(H,31,32)(H,35,36)/t20-,30?/m0/s1. The fraction of sp³-hybridized carbons (Fsp3) is 0.567. The van der Waals surface area contributed by atoms with E-state index in [-0.39, 0.29) is 24.5 Å². The maximum Gasteiger partial charge on any atom is 0.303 e. The van der Waals surface area contributed by atoms with Crippen LogP contribution in [0.2, 0.25) is 0 Å². The van der Waals surface area contributed by atoms with Crippen molar-refractivity contribution in [1.82, 2.24) is 9.99 Å². The lowest BCUT2D eigenvalue weighted by Crippen LogP contribution is -2.40. The third kappa shape index (κ3) is 5.98. The molecule has 1 aromatic carbocycles. The SMILES string of the molecule is CN1N=C(C[C@@H](CC(=O)O)c2cc3c(c(C(C)(C)C)c2)OCO3)CC1(C)OCCc1ccc2c(n1)NCCC2. The number of aryl methyl sites for hydroxylation is 1. The summed E-state index contributed by atoms with van der Waals surface area (Å²) < 4.78 is 17.8. The number of hydrogen-bond donors (Lipinski definition) is 2. The maximum absolute atomic E-state index is 11.9. The van der Waals surface area contributed by atoms with Crippen LogP contribution in [-0.4, -0.2) is 59.5 Å². The number of fused-ring (bicyclic) bond motifs is 2. The molecule has 4 heterocycles. The molecule has 210 valence electrons. The summed E-state index contributed by atoms with van der Waals surface area (Å²) in [6.07, 6.45) is 4.06. The molecule has 0 fully saturated rings. The van der Waals surface area contributed by atoms with E-state index in [0.717, 1.165) is 53.5 Å². The summed E-state index contributed by atoms with van der Waals surface area (Å²) in [4.78, 5) is 16.7. The first-order valence-electron chi connectivity index (χ1n) is 13.8. The van der Waals surface area contributed by atoms with Crippen LogP contribution in [0.4, 0.5) is 5.82 Å². The van der Waals surface area contributed by atoms with Crippen molar-refractivity contribution < 1.29 is 24.1 Å². The Kier molecular flexibility index (Phi) is 7.46. The molecule has 3 aliphatic rings. The number of carboxylic acids is 1. The van der Waals surface area contributed by atoms with Gasteiger partial charge >= 0.3 is 5.97 Å². The van der Waals surface area contributed by atoms with Gasteiger partial charge in [-0.2, -0.15) is 5.10 Å². The highest BCUT2D eigenvalue weighted by molar-refractivity contribution is 5.88. The molecule has 1 unspecified atom stereocenters. The Morgan fingerprint density at radius 3 is 2.87 bits per heavy atom. The van der Waals surface area contributed by atoms with Gasteiger partial charge in [-0.1, -0.05) is 32.9 Å². The number of nitrogens with zero attached hydrogens (tertiary/aromatic N) is 3. The van der Waals surface area contributed by atoms with Crippen molar-refractivity contribution >= 4 is 17.5 Å². The Bertz CT molecular complexity index is 1270. The number of hydrazone groups is 1. The summed E-state index contributed by atoms with van der Waals surface area (Å²) >= 11 is 0. The van der Waals surface area contributed by atoms with Crippen LogP contribution in [0.3, 0.4) is 0 Å². The Morgan fingerprint density at radius 1 is 1.28 bits per heavy atom. The van der Waals surface area contributed by atoms with Gasteiger partial charge in [0.2, 0.25) is 6.79 Å². The largest absolute Gasteiger partial charge is 0.481 e. The van der Waals surface area contributed by atoms with Gasteiger partial charge in [0, 0.05) is 43.4 Å². The zero-order valence-electron chi connectivity index (χ0n) is 23.7. The summed E-state index contributed by atoms with van der Waals surface area (Å²) in [6.45, 7) is 10.1. The molecular weight excluding hydrogens is 496 g/mol. The predicted octanol–water partition coefficient (Wildman–Crippen LogP) is 5.08. The van der Waals surface area contributed by atoms with Gasteiger partial charge in [-0.05, 0) is 60.8 Å². The van der Waals surface area contributed by atoms with Crippen LogP contribution < -0.4 is 14.8 Å². The predicted molar refractivity (Wildman–Crippen MR) is 150 cm³/mol. The van der Waals surface area contributed by atoms with Crippen molar-refractivity contribution in [2.45, 2.75) is 83.3 Å². The number of benzene rings is 1. The highest BCUT2D eigenvalue weighted by Crippen LogP contribution is 2.45. The number of anilines is 1. The third-order valence-corrected chi connectivity index (χ3v) is 7.91. The molecule has 2 atom stereocenters. The monoisotopic (exact) mass is 536 g/mol. The first kappa shape index (κ1) is 27.2. The van der Waals surface area contributed by atoms with Crippen LogP contribution in [-0.2, 0) is 27.8 Å². The smallest absolute Gasteiger partial charge is 0.303 e. The maximum atomic E-state index is 11.9. The molecule has 9 nitrogen and oxygen atoms in total. The van der Waals surface area contributed by atoms with E-state index in [1.54, 1.807) is 0 Å². The molecule has 2 aromatic rings. The van der Waals surface area contributed by atoms with Gasteiger partial charge in [-0.25, -0.2) is 4.98 Å². The van der Waals surface area contributed by atoms with E-state index in [1.807, 2.05) is 25.0 Å². The average Bonchev–Trinajstić information content (AvgIpc) is 3.45. The van der Waals surface area contributed by atoms with E-state index in [2.05, 4.69) is 44.3 Å². The van der Waals surface area contributed by atoms with E-state index in [1.165, 1.54) is 5.56 Å². The number of nitrogens with one attached hydrogen (secondary N) is 1. The number of carbonyl (C=O) groups is 1. The average molecular weight is 537 g/mol. The van der Waals surface area contributed by atoms with Gasteiger partial charge in [0.1, 0.15) is 5.82 Å². The van der Waals surface area contributed by atoms with Crippen LogP contribution in [0.5, 0.6) is 11.5 Å². The topological polar surface area (TPSA) is 106 Å². The highest BCUT2D eigenvalue weighted by atomic mass is 16.7. The molecule has 39 heavy (non-hydrogen) atoms. The third-order valence-electron chi connectivity index (χ3n) is 7.91. The molecule has 2 N–H and O–H groups in total. The first-order valence-corrected chi connectivity index (χ1v) is 13.8. The molecule has 9 heteroatoms. The van der Waals surface area contributed by atoms with E-state index >= 15 is 0 Å². The number of aromatic nitrogens is 1. The van der Waals surface area contributed by atoms with Crippen molar-refractivity contribution in [1.29, 1.82) is 0 Å².